The number of aliphatic hydroxyl groups excluding tert-OH is 1. The summed E-state index contributed by atoms with van der Waals surface area (Å²) in [5, 5.41) is 12.8. The molecule has 17 heavy (non-hydrogen) atoms. The summed E-state index contributed by atoms with van der Waals surface area (Å²) in [6.45, 7) is 0.235. The Morgan fingerprint density at radius 2 is 2.00 bits per heavy atom. The van der Waals surface area contributed by atoms with Crippen molar-refractivity contribution in [3.63, 3.8) is 0 Å². The first-order chi connectivity index (χ1) is 8.25. The van der Waals surface area contributed by atoms with Crippen LogP contribution in [-0.4, -0.2) is 11.7 Å². The molecule has 0 spiro atoms. The summed E-state index contributed by atoms with van der Waals surface area (Å²) in [6.07, 6.45) is 3.36. The van der Waals surface area contributed by atoms with E-state index in [1.54, 1.807) is 0 Å². The van der Waals surface area contributed by atoms with Crippen LogP contribution in [0.4, 0.5) is 0 Å². The Kier molecular flexibility index (Phi) is 2.61. The van der Waals surface area contributed by atoms with Crippen LogP contribution in [0.1, 0.15) is 24.8 Å². The second kappa shape index (κ2) is 4.01. The Balaban J connectivity index is 2.25. The second-order valence-electron chi connectivity index (χ2n) is 4.96. The van der Waals surface area contributed by atoms with Gasteiger partial charge in [-0.05, 0) is 41.3 Å². The molecule has 0 heterocycles. The number of rotatable bonds is 2. The van der Waals surface area contributed by atoms with E-state index >= 15 is 0 Å². The van der Waals surface area contributed by atoms with Gasteiger partial charge in [0.25, 0.3) is 0 Å². The summed E-state index contributed by atoms with van der Waals surface area (Å²) >= 11 is 6.08. The van der Waals surface area contributed by atoms with E-state index in [-0.39, 0.29) is 12.0 Å². The number of fused-ring (bicyclic) bond motifs is 1. The molecule has 0 amide bonds. The highest BCUT2D eigenvalue weighted by atomic mass is 35.5. The molecule has 0 radical (unpaired) electrons. The Bertz CT molecular complexity index is 552. The van der Waals surface area contributed by atoms with Crippen molar-refractivity contribution in [3.05, 3.63) is 47.0 Å². The van der Waals surface area contributed by atoms with Gasteiger partial charge in [-0.1, -0.05) is 42.3 Å². The van der Waals surface area contributed by atoms with Crippen molar-refractivity contribution in [2.45, 2.75) is 24.7 Å². The summed E-state index contributed by atoms with van der Waals surface area (Å²) in [4.78, 5) is 0. The molecule has 0 atom stereocenters. The molecule has 1 N–H and O–H groups in total. The molecular weight excluding hydrogens is 232 g/mol. The standard InChI is InChI=1S/C15H15ClO/c16-12-6-5-11-3-1-4-14(13(11)9-12)15(10-17)7-2-8-15/h1,3-6,9,17H,2,7-8,10H2. The molecular formula is C15H15ClO. The molecule has 88 valence electrons. The van der Waals surface area contributed by atoms with Crippen molar-refractivity contribution in [2.24, 2.45) is 0 Å². The first-order valence-electron chi connectivity index (χ1n) is 6.05. The van der Waals surface area contributed by atoms with Crippen molar-refractivity contribution in [2.75, 3.05) is 6.61 Å². The van der Waals surface area contributed by atoms with Gasteiger partial charge in [0.1, 0.15) is 0 Å². The van der Waals surface area contributed by atoms with Gasteiger partial charge in [-0.3, -0.25) is 0 Å². The van der Waals surface area contributed by atoms with E-state index in [0.29, 0.717) is 0 Å². The van der Waals surface area contributed by atoms with Gasteiger partial charge in [-0.2, -0.15) is 0 Å². The van der Waals surface area contributed by atoms with Gasteiger partial charge < -0.3 is 5.11 Å². The lowest BCUT2D eigenvalue weighted by Gasteiger charge is -2.41. The predicted molar refractivity (Wildman–Crippen MR) is 71.6 cm³/mol. The Morgan fingerprint density at radius 1 is 1.18 bits per heavy atom. The van der Waals surface area contributed by atoms with E-state index < -0.39 is 0 Å². The minimum atomic E-state index is -0.0236. The third kappa shape index (κ3) is 1.65. The third-order valence-electron chi connectivity index (χ3n) is 4.03. The van der Waals surface area contributed by atoms with Crippen LogP contribution in [0, 0.1) is 0 Å². The maximum atomic E-state index is 9.69. The van der Waals surface area contributed by atoms with Crippen LogP contribution in [0.15, 0.2) is 36.4 Å². The number of halogens is 1. The van der Waals surface area contributed by atoms with Crippen LogP contribution < -0.4 is 0 Å². The minimum absolute atomic E-state index is 0.0236. The zero-order valence-corrected chi connectivity index (χ0v) is 10.4. The van der Waals surface area contributed by atoms with Crippen LogP contribution in [-0.2, 0) is 5.41 Å². The van der Waals surface area contributed by atoms with Gasteiger partial charge in [0, 0.05) is 10.4 Å². The molecule has 3 rings (SSSR count). The first-order valence-corrected chi connectivity index (χ1v) is 6.43. The molecule has 2 heteroatoms. The van der Waals surface area contributed by atoms with Crippen molar-refractivity contribution >= 4 is 22.4 Å². The lowest BCUT2D eigenvalue weighted by Crippen LogP contribution is -2.38. The van der Waals surface area contributed by atoms with Gasteiger partial charge >= 0.3 is 0 Å². The van der Waals surface area contributed by atoms with E-state index in [4.69, 9.17) is 11.6 Å². The summed E-state index contributed by atoms with van der Waals surface area (Å²) < 4.78 is 0. The number of hydrogen-bond acceptors (Lipinski definition) is 1. The molecule has 2 aromatic carbocycles. The molecule has 1 fully saturated rings. The zero-order chi connectivity index (χ0) is 11.9. The topological polar surface area (TPSA) is 20.2 Å². The molecule has 1 aliphatic rings. The highest BCUT2D eigenvalue weighted by Crippen LogP contribution is 2.45. The van der Waals surface area contributed by atoms with Crippen molar-refractivity contribution in [3.8, 4) is 0 Å². The molecule has 2 aromatic rings. The van der Waals surface area contributed by atoms with Gasteiger partial charge in [0.2, 0.25) is 0 Å². The van der Waals surface area contributed by atoms with Gasteiger partial charge in [-0.25, -0.2) is 0 Å². The maximum Gasteiger partial charge on any atom is 0.0528 e. The summed E-state index contributed by atoms with van der Waals surface area (Å²) in [7, 11) is 0. The number of hydrogen-bond donors (Lipinski definition) is 1. The second-order valence-corrected chi connectivity index (χ2v) is 5.40. The van der Waals surface area contributed by atoms with Crippen LogP contribution in [0.3, 0.4) is 0 Å². The monoisotopic (exact) mass is 246 g/mol. The van der Waals surface area contributed by atoms with Crippen LogP contribution >= 0.6 is 11.6 Å². The number of benzene rings is 2. The summed E-state index contributed by atoms with van der Waals surface area (Å²) in [5.41, 5.74) is 1.23. The molecule has 0 unspecified atom stereocenters. The average Bonchev–Trinajstić information content (AvgIpc) is 2.29. The fourth-order valence-corrected chi connectivity index (χ4v) is 3.00. The molecule has 0 bridgehead atoms. The van der Waals surface area contributed by atoms with Crippen LogP contribution in [0.5, 0.6) is 0 Å². The Hall–Kier alpha value is -1.05. The molecule has 1 nitrogen and oxygen atoms in total. The SMILES string of the molecule is OCC1(c2cccc3ccc(Cl)cc23)CCC1. The van der Waals surface area contributed by atoms with Crippen LogP contribution in [0.25, 0.3) is 10.8 Å². The van der Waals surface area contributed by atoms with E-state index in [1.807, 2.05) is 18.2 Å². The van der Waals surface area contributed by atoms with Crippen LogP contribution in [0.2, 0.25) is 5.02 Å². The lowest BCUT2D eigenvalue weighted by atomic mass is 9.64. The minimum Gasteiger partial charge on any atom is -0.395 e. The van der Waals surface area contributed by atoms with Crippen molar-refractivity contribution < 1.29 is 5.11 Å². The molecule has 0 aliphatic heterocycles. The highest BCUT2D eigenvalue weighted by Gasteiger charge is 2.38. The van der Waals surface area contributed by atoms with E-state index in [0.717, 1.165) is 17.9 Å². The number of aliphatic hydroxyl groups is 1. The molecule has 0 aromatic heterocycles. The lowest BCUT2D eigenvalue weighted by molar-refractivity contribution is 0.121. The van der Waals surface area contributed by atoms with Crippen molar-refractivity contribution in [1.82, 2.24) is 0 Å². The normalized spacial score (nSPS) is 18.0. The fraction of sp³-hybridized carbons (Fsp3) is 0.333. The fourth-order valence-electron chi connectivity index (χ4n) is 2.82. The average molecular weight is 247 g/mol. The zero-order valence-electron chi connectivity index (χ0n) is 9.62. The van der Waals surface area contributed by atoms with Gasteiger partial charge in [0.15, 0.2) is 0 Å². The predicted octanol–water partition coefficient (Wildman–Crippen LogP) is 3.91. The van der Waals surface area contributed by atoms with Gasteiger partial charge in [0.05, 0.1) is 6.61 Å². The largest absolute Gasteiger partial charge is 0.395 e. The Morgan fingerprint density at radius 3 is 2.65 bits per heavy atom. The summed E-state index contributed by atoms with van der Waals surface area (Å²) in [5.74, 6) is 0. The van der Waals surface area contributed by atoms with E-state index in [1.165, 1.54) is 22.8 Å². The van der Waals surface area contributed by atoms with E-state index in [2.05, 4.69) is 18.2 Å². The first kappa shape index (κ1) is 11.1. The van der Waals surface area contributed by atoms with E-state index in [9.17, 15) is 5.11 Å². The molecule has 1 aliphatic carbocycles. The molecule has 1 saturated carbocycles. The summed E-state index contributed by atoms with van der Waals surface area (Å²) in [6, 6.07) is 12.3. The highest BCUT2D eigenvalue weighted by molar-refractivity contribution is 6.31. The third-order valence-corrected chi connectivity index (χ3v) is 4.26. The Labute approximate surface area is 106 Å². The molecule has 0 saturated heterocycles. The van der Waals surface area contributed by atoms with Gasteiger partial charge in [-0.15, -0.1) is 0 Å². The maximum absolute atomic E-state index is 9.69. The van der Waals surface area contributed by atoms with Crippen molar-refractivity contribution in [1.29, 1.82) is 0 Å². The quantitative estimate of drug-likeness (QED) is 0.852. The smallest absolute Gasteiger partial charge is 0.0528 e.